The lowest BCUT2D eigenvalue weighted by Gasteiger charge is -2.18. The summed E-state index contributed by atoms with van der Waals surface area (Å²) in [7, 11) is 1.57. The second kappa shape index (κ2) is 6.37. The fraction of sp³-hybridized carbons (Fsp3) is 0.500. The second-order valence-corrected chi connectivity index (χ2v) is 5.07. The maximum Gasteiger partial charge on any atom is 0.338 e. The van der Waals surface area contributed by atoms with Gasteiger partial charge in [-0.3, -0.25) is 0 Å². The van der Waals surface area contributed by atoms with Crippen LogP contribution >= 0.6 is 11.6 Å². The molecule has 19 heavy (non-hydrogen) atoms. The van der Waals surface area contributed by atoms with E-state index >= 15 is 0 Å². The second-order valence-electron chi connectivity index (χ2n) is 4.59. The highest BCUT2D eigenvalue weighted by Gasteiger charge is 2.37. The van der Waals surface area contributed by atoms with Gasteiger partial charge >= 0.3 is 5.97 Å². The minimum Gasteiger partial charge on any atom is -0.456 e. The van der Waals surface area contributed by atoms with Crippen molar-refractivity contribution >= 4 is 17.6 Å². The van der Waals surface area contributed by atoms with Crippen LogP contribution < -0.4 is 0 Å². The lowest BCUT2D eigenvalue weighted by Crippen LogP contribution is -2.30. The van der Waals surface area contributed by atoms with Crippen LogP contribution in [0.2, 0.25) is 0 Å². The average molecular weight is 285 g/mol. The fourth-order valence-corrected chi connectivity index (χ4v) is 2.31. The third-order valence-electron chi connectivity index (χ3n) is 3.03. The van der Waals surface area contributed by atoms with E-state index in [-0.39, 0.29) is 18.2 Å². The molecular weight excluding hydrogens is 268 g/mol. The number of esters is 1. The van der Waals surface area contributed by atoms with Gasteiger partial charge in [-0.1, -0.05) is 29.3 Å². The molecule has 1 fully saturated rings. The van der Waals surface area contributed by atoms with Crippen molar-refractivity contribution in [3.05, 3.63) is 35.4 Å². The molecule has 1 aromatic carbocycles. The number of rotatable bonds is 4. The van der Waals surface area contributed by atoms with E-state index in [1.165, 1.54) is 0 Å². The molecule has 104 valence electrons. The van der Waals surface area contributed by atoms with Gasteiger partial charge in [0.2, 0.25) is 0 Å². The quantitative estimate of drug-likeness (QED) is 0.629. The molecule has 1 aromatic rings. The van der Waals surface area contributed by atoms with Crippen molar-refractivity contribution in [3.63, 3.8) is 0 Å². The summed E-state index contributed by atoms with van der Waals surface area (Å²) in [4.78, 5) is 12.0. The van der Waals surface area contributed by atoms with Gasteiger partial charge < -0.3 is 14.2 Å². The molecule has 3 atom stereocenters. The van der Waals surface area contributed by atoms with Crippen molar-refractivity contribution < 1.29 is 19.0 Å². The minimum absolute atomic E-state index is 0.304. The Labute approximate surface area is 117 Å². The van der Waals surface area contributed by atoms with E-state index < -0.39 is 5.56 Å². The molecule has 0 amide bonds. The summed E-state index contributed by atoms with van der Waals surface area (Å²) in [5, 5.41) is 0. The molecule has 1 aliphatic rings. The Hall–Kier alpha value is -1.10. The van der Waals surface area contributed by atoms with E-state index in [1.54, 1.807) is 19.2 Å². The number of aryl methyl sites for hydroxylation is 1. The van der Waals surface area contributed by atoms with Crippen LogP contribution in [-0.2, 0) is 14.2 Å². The van der Waals surface area contributed by atoms with Crippen LogP contribution in [-0.4, -0.2) is 37.5 Å². The number of alkyl halides is 1. The Bertz CT molecular complexity index is 432. The predicted octanol–water partition coefficient (Wildman–Crippen LogP) is 2.52. The van der Waals surface area contributed by atoms with E-state index in [2.05, 4.69) is 0 Å². The minimum atomic E-state index is -0.434. The van der Waals surface area contributed by atoms with E-state index in [0.29, 0.717) is 18.6 Å². The molecule has 0 N–H and O–H groups in total. The molecule has 4 nitrogen and oxygen atoms in total. The first kappa shape index (κ1) is 14.3. The summed E-state index contributed by atoms with van der Waals surface area (Å²) in [6.45, 7) is 2.32. The molecule has 0 saturated carbocycles. The van der Waals surface area contributed by atoms with Crippen LogP contribution in [0, 0.1) is 6.92 Å². The summed E-state index contributed by atoms with van der Waals surface area (Å²) < 4.78 is 15.9. The van der Waals surface area contributed by atoms with Crippen molar-refractivity contribution in [2.75, 3.05) is 13.7 Å². The molecule has 2 rings (SSSR count). The van der Waals surface area contributed by atoms with Gasteiger partial charge in [0, 0.05) is 13.5 Å². The number of hydrogen-bond acceptors (Lipinski definition) is 4. The lowest BCUT2D eigenvalue weighted by atomic mass is 10.1. The summed E-state index contributed by atoms with van der Waals surface area (Å²) in [5.41, 5.74) is 1.19. The van der Waals surface area contributed by atoms with Gasteiger partial charge in [0.25, 0.3) is 0 Å². The van der Waals surface area contributed by atoms with Crippen molar-refractivity contribution in [1.82, 2.24) is 0 Å². The normalized spacial score (nSPS) is 26.4. The van der Waals surface area contributed by atoms with Gasteiger partial charge in [0.15, 0.2) is 0 Å². The van der Waals surface area contributed by atoms with Crippen LogP contribution in [0.25, 0.3) is 0 Å². The first-order chi connectivity index (χ1) is 9.10. The van der Waals surface area contributed by atoms with E-state index in [0.717, 1.165) is 5.56 Å². The first-order valence-electron chi connectivity index (χ1n) is 6.16. The number of ether oxygens (including phenoxy) is 3. The molecule has 0 bridgehead atoms. The average Bonchev–Trinajstić information content (AvgIpc) is 2.71. The van der Waals surface area contributed by atoms with Gasteiger partial charge in [-0.05, 0) is 19.1 Å². The number of benzene rings is 1. The Kier molecular flexibility index (Phi) is 4.80. The van der Waals surface area contributed by atoms with E-state index in [1.807, 2.05) is 19.1 Å². The van der Waals surface area contributed by atoms with Crippen LogP contribution in [0.15, 0.2) is 24.3 Å². The van der Waals surface area contributed by atoms with E-state index in [4.69, 9.17) is 25.8 Å². The SMILES string of the molecule is COC[C@H]1O[C@H](Cl)C[C@@H]1OC(=O)c1ccc(C)cc1. The zero-order valence-corrected chi connectivity index (χ0v) is 11.7. The lowest BCUT2D eigenvalue weighted by molar-refractivity contribution is -0.0321. The van der Waals surface area contributed by atoms with Crippen LogP contribution in [0.3, 0.4) is 0 Å². The van der Waals surface area contributed by atoms with Gasteiger partial charge in [-0.2, -0.15) is 0 Å². The largest absolute Gasteiger partial charge is 0.456 e. The maximum atomic E-state index is 12.0. The zero-order valence-electron chi connectivity index (χ0n) is 11.0. The van der Waals surface area contributed by atoms with Crippen LogP contribution in [0.1, 0.15) is 22.3 Å². The highest BCUT2D eigenvalue weighted by molar-refractivity contribution is 6.19. The third-order valence-corrected chi connectivity index (χ3v) is 3.31. The van der Waals surface area contributed by atoms with Crippen LogP contribution in [0.4, 0.5) is 0 Å². The molecule has 1 heterocycles. The van der Waals surface area contributed by atoms with Gasteiger partial charge in [-0.15, -0.1) is 0 Å². The van der Waals surface area contributed by atoms with Crippen molar-refractivity contribution in [2.45, 2.75) is 31.1 Å². The third kappa shape index (κ3) is 3.69. The summed E-state index contributed by atoms with van der Waals surface area (Å²) in [5.74, 6) is -0.361. The topological polar surface area (TPSA) is 44.8 Å². The predicted molar refractivity (Wildman–Crippen MR) is 71.4 cm³/mol. The Morgan fingerprint density at radius 1 is 1.42 bits per heavy atom. The molecule has 0 aromatic heterocycles. The summed E-state index contributed by atoms with van der Waals surface area (Å²) in [6.07, 6.45) is -0.189. The van der Waals surface area contributed by atoms with E-state index in [9.17, 15) is 4.79 Å². The molecule has 0 radical (unpaired) electrons. The number of carbonyl (C=O) groups excluding carboxylic acids is 1. The number of carbonyl (C=O) groups is 1. The monoisotopic (exact) mass is 284 g/mol. The van der Waals surface area contributed by atoms with Gasteiger partial charge in [0.1, 0.15) is 17.8 Å². The maximum absolute atomic E-state index is 12.0. The summed E-state index contributed by atoms with van der Waals surface area (Å²) >= 11 is 5.92. The standard InChI is InChI=1S/C14H17ClO4/c1-9-3-5-10(6-4-9)14(16)19-11-7-13(15)18-12(11)8-17-2/h3-6,11-13H,7-8H2,1-2H3/t11-,12+,13-/m0/s1. The molecule has 5 heteroatoms. The Balaban J connectivity index is 1.99. The Morgan fingerprint density at radius 3 is 2.74 bits per heavy atom. The smallest absolute Gasteiger partial charge is 0.338 e. The van der Waals surface area contributed by atoms with Crippen molar-refractivity contribution in [1.29, 1.82) is 0 Å². The van der Waals surface area contributed by atoms with Gasteiger partial charge in [0.05, 0.1) is 12.2 Å². The highest BCUT2D eigenvalue weighted by Crippen LogP contribution is 2.26. The number of halogens is 1. The van der Waals surface area contributed by atoms with Crippen LogP contribution in [0.5, 0.6) is 0 Å². The zero-order chi connectivity index (χ0) is 13.8. The molecule has 1 saturated heterocycles. The number of hydrogen-bond donors (Lipinski definition) is 0. The van der Waals surface area contributed by atoms with Crippen molar-refractivity contribution in [2.24, 2.45) is 0 Å². The van der Waals surface area contributed by atoms with Crippen molar-refractivity contribution in [3.8, 4) is 0 Å². The fourth-order valence-electron chi connectivity index (χ4n) is 2.00. The first-order valence-corrected chi connectivity index (χ1v) is 6.60. The molecule has 0 unspecified atom stereocenters. The molecule has 0 aliphatic carbocycles. The van der Waals surface area contributed by atoms with Gasteiger partial charge in [-0.25, -0.2) is 4.79 Å². The molecule has 0 spiro atoms. The highest BCUT2D eigenvalue weighted by atomic mass is 35.5. The molecule has 1 aliphatic heterocycles. The molecular formula is C14H17ClO4. The Morgan fingerprint density at radius 2 is 2.11 bits per heavy atom. The summed E-state index contributed by atoms with van der Waals surface area (Å²) in [6, 6.07) is 7.24. The number of methoxy groups -OCH3 is 1.